The molecule has 2 aromatic heterocycles. The van der Waals surface area contributed by atoms with Crippen LogP contribution in [0.15, 0.2) is 29.8 Å². The van der Waals surface area contributed by atoms with Crippen molar-refractivity contribution in [3.8, 4) is 22.8 Å². The molecule has 1 aromatic carbocycles. The Hall–Kier alpha value is -2.34. The van der Waals surface area contributed by atoms with Gasteiger partial charge in [-0.25, -0.2) is 4.98 Å². The van der Waals surface area contributed by atoms with Gasteiger partial charge in [0, 0.05) is 17.1 Å². The summed E-state index contributed by atoms with van der Waals surface area (Å²) in [5.41, 5.74) is 1.51. The highest BCUT2D eigenvalue weighted by Crippen LogP contribution is 2.32. The smallest absolute Gasteiger partial charge is 0.194 e. The maximum Gasteiger partial charge on any atom is 0.194 e. The Morgan fingerprint density at radius 3 is 2.83 bits per heavy atom. The first-order chi connectivity index (χ1) is 8.70. The zero-order valence-corrected chi connectivity index (χ0v) is 9.89. The summed E-state index contributed by atoms with van der Waals surface area (Å²) in [6.07, 6.45) is 2.49. The molecule has 0 fully saturated rings. The van der Waals surface area contributed by atoms with Gasteiger partial charge in [-0.3, -0.25) is 9.20 Å². The molecule has 0 spiro atoms. The standard InChI is InChI=1S/C12H8N2O3S/c15-6-8-11(13-12-14(8)3-4-18-12)7-1-2-9(16)10(17)5-7/h1-6,16-17H. The van der Waals surface area contributed by atoms with Gasteiger partial charge in [-0.05, 0) is 18.2 Å². The number of aromatic nitrogens is 2. The Labute approximate surface area is 106 Å². The van der Waals surface area contributed by atoms with Crippen molar-refractivity contribution in [1.82, 2.24) is 9.38 Å². The number of imidazole rings is 1. The van der Waals surface area contributed by atoms with Crippen LogP contribution in [0, 0.1) is 0 Å². The molecular formula is C12H8N2O3S. The van der Waals surface area contributed by atoms with Crippen LogP contribution in [0.1, 0.15) is 10.5 Å². The van der Waals surface area contributed by atoms with E-state index in [0.29, 0.717) is 21.9 Å². The number of rotatable bonds is 2. The van der Waals surface area contributed by atoms with Crippen LogP contribution >= 0.6 is 11.3 Å². The second-order valence-electron chi connectivity index (χ2n) is 3.72. The minimum Gasteiger partial charge on any atom is -0.504 e. The molecule has 0 atom stereocenters. The van der Waals surface area contributed by atoms with Gasteiger partial charge in [-0.1, -0.05) is 0 Å². The van der Waals surface area contributed by atoms with Crippen LogP contribution in [0.25, 0.3) is 16.2 Å². The minimum absolute atomic E-state index is 0.201. The number of aldehydes is 1. The summed E-state index contributed by atoms with van der Waals surface area (Å²) >= 11 is 1.42. The van der Waals surface area contributed by atoms with Crippen LogP contribution in [0.5, 0.6) is 11.5 Å². The van der Waals surface area contributed by atoms with Crippen molar-refractivity contribution < 1.29 is 15.0 Å². The van der Waals surface area contributed by atoms with Crippen molar-refractivity contribution in [1.29, 1.82) is 0 Å². The number of fused-ring (bicyclic) bond motifs is 1. The monoisotopic (exact) mass is 260 g/mol. The summed E-state index contributed by atoms with van der Waals surface area (Å²) in [5, 5.41) is 20.6. The summed E-state index contributed by atoms with van der Waals surface area (Å²) < 4.78 is 1.69. The zero-order valence-electron chi connectivity index (χ0n) is 9.07. The second-order valence-corrected chi connectivity index (χ2v) is 4.60. The van der Waals surface area contributed by atoms with Crippen molar-refractivity contribution in [3.63, 3.8) is 0 Å². The Morgan fingerprint density at radius 2 is 2.11 bits per heavy atom. The average molecular weight is 260 g/mol. The van der Waals surface area contributed by atoms with Gasteiger partial charge in [-0.15, -0.1) is 11.3 Å². The third-order valence-corrected chi connectivity index (χ3v) is 3.42. The molecule has 5 nitrogen and oxygen atoms in total. The maximum atomic E-state index is 11.2. The van der Waals surface area contributed by atoms with E-state index in [4.69, 9.17) is 0 Å². The van der Waals surface area contributed by atoms with Gasteiger partial charge < -0.3 is 10.2 Å². The number of carbonyl (C=O) groups is 1. The topological polar surface area (TPSA) is 74.8 Å². The number of phenols is 2. The number of benzene rings is 1. The molecule has 3 rings (SSSR count). The first kappa shape index (κ1) is 10.8. The molecule has 3 aromatic rings. The van der Waals surface area contributed by atoms with E-state index < -0.39 is 0 Å². The summed E-state index contributed by atoms with van der Waals surface area (Å²) in [7, 11) is 0. The van der Waals surface area contributed by atoms with Crippen molar-refractivity contribution in [2.24, 2.45) is 0 Å². The van der Waals surface area contributed by atoms with Gasteiger partial charge >= 0.3 is 0 Å². The van der Waals surface area contributed by atoms with E-state index in [-0.39, 0.29) is 11.5 Å². The lowest BCUT2D eigenvalue weighted by Crippen LogP contribution is -1.89. The quantitative estimate of drug-likeness (QED) is 0.547. The third-order valence-electron chi connectivity index (χ3n) is 2.66. The minimum atomic E-state index is -0.235. The number of phenolic OH excluding ortho intramolecular Hbond substituents is 2. The predicted octanol–water partition coefficient (Wildman–Crippen LogP) is 2.29. The molecule has 90 valence electrons. The lowest BCUT2D eigenvalue weighted by Gasteiger charge is -2.01. The third kappa shape index (κ3) is 1.46. The van der Waals surface area contributed by atoms with E-state index in [1.807, 2.05) is 5.38 Å². The predicted molar refractivity (Wildman–Crippen MR) is 67.2 cm³/mol. The largest absolute Gasteiger partial charge is 0.504 e. The molecule has 0 radical (unpaired) electrons. The van der Waals surface area contributed by atoms with Gasteiger partial charge in [-0.2, -0.15) is 0 Å². The molecule has 0 saturated carbocycles. The van der Waals surface area contributed by atoms with Crippen LogP contribution < -0.4 is 0 Å². The highest BCUT2D eigenvalue weighted by atomic mass is 32.1. The van der Waals surface area contributed by atoms with Crippen LogP contribution in [0.3, 0.4) is 0 Å². The van der Waals surface area contributed by atoms with Crippen molar-refractivity contribution >= 4 is 22.6 Å². The second kappa shape index (κ2) is 3.85. The molecule has 2 heterocycles. The fraction of sp³-hybridized carbons (Fsp3) is 0. The maximum absolute atomic E-state index is 11.2. The van der Waals surface area contributed by atoms with Gasteiger partial charge in [0.15, 0.2) is 22.7 Å². The molecule has 0 saturated heterocycles. The Bertz CT molecular complexity index is 745. The van der Waals surface area contributed by atoms with Crippen molar-refractivity contribution in [2.45, 2.75) is 0 Å². The lowest BCUT2D eigenvalue weighted by atomic mass is 10.1. The van der Waals surface area contributed by atoms with E-state index >= 15 is 0 Å². The fourth-order valence-corrected chi connectivity index (χ4v) is 2.52. The highest BCUT2D eigenvalue weighted by Gasteiger charge is 2.15. The van der Waals surface area contributed by atoms with Crippen molar-refractivity contribution in [3.05, 3.63) is 35.5 Å². The normalized spacial score (nSPS) is 10.9. The molecule has 0 aliphatic carbocycles. The average Bonchev–Trinajstić information content (AvgIpc) is 2.92. The van der Waals surface area contributed by atoms with Crippen molar-refractivity contribution in [2.75, 3.05) is 0 Å². The number of nitrogens with zero attached hydrogens (tertiary/aromatic N) is 2. The summed E-state index contributed by atoms with van der Waals surface area (Å²) in [6, 6.07) is 4.36. The van der Waals surface area contributed by atoms with E-state index in [2.05, 4.69) is 4.98 Å². The number of hydrogen-bond acceptors (Lipinski definition) is 5. The Balaban J connectivity index is 2.26. The summed E-state index contributed by atoms with van der Waals surface area (Å²) in [5.74, 6) is -0.437. The molecule has 6 heteroatoms. The summed E-state index contributed by atoms with van der Waals surface area (Å²) in [4.78, 5) is 16.2. The molecule has 0 bridgehead atoms. The SMILES string of the molecule is O=Cc1c(-c2ccc(O)c(O)c2)nc2sccn12. The van der Waals surface area contributed by atoms with Gasteiger partial charge in [0.05, 0.1) is 0 Å². The fourth-order valence-electron chi connectivity index (χ4n) is 1.80. The molecule has 0 unspecified atom stereocenters. The lowest BCUT2D eigenvalue weighted by molar-refractivity contribution is 0.111. The number of carbonyl (C=O) groups excluding carboxylic acids is 1. The number of thiazole rings is 1. The van der Waals surface area contributed by atoms with Crippen LogP contribution in [-0.2, 0) is 0 Å². The van der Waals surface area contributed by atoms with E-state index in [0.717, 1.165) is 6.29 Å². The number of hydrogen-bond donors (Lipinski definition) is 2. The van der Waals surface area contributed by atoms with Crippen LogP contribution in [0.4, 0.5) is 0 Å². The Morgan fingerprint density at radius 1 is 1.28 bits per heavy atom. The van der Waals surface area contributed by atoms with Crippen LogP contribution in [0.2, 0.25) is 0 Å². The highest BCUT2D eigenvalue weighted by molar-refractivity contribution is 7.15. The molecule has 0 aliphatic rings. The zero-order chi connectivity index (χ0) is 12.7. The molecule has 2 N–H and O–H groups in total. The molecule has 18 heavy (non-hydrogen) atoms. The Kier molecular flexibility index (Phi) is 2.31. The molecular weight excluding hydrogens is 252 g/mol. The first-order valence-electron chi connectivity index (χ1n) is 5.14. The van der Waals surface area contributed by atoms with Gasteiger partial charge in [0.2, 0.25) is 0 Å². The van der Waals surface area contributed by atoms with E-state index in [9.17, 15) is 15.0 Å². The number of aromatic hydroxyl groups is 2. The van der Waals surface area contributed by atoms with Gasteiger partial charge in [0.25, 0.3) is 0 Å². The molecule has 0 aliphatic heterocycles. The van der Waals surface area contributed by atoms with E-state index in [1.165, 1.54) is 23.5 Å². The molecule has 0 amide bonds. The van der Waals surface area contributed by atoms with Gasteiger partial charge in [0.1, 0.15) is 11.4 Å². The van der Waals surface area contributed by atoms with E-state index in [1.54, 1.807) is 16.7 Å². The first-order valence-corrected chi connectivity index (χ1v) is 6.02. The summed E-state index contributed by atoms with van der Waals surface area (Å²) in [6.45, 7) is 0. The van der Waals surface area contributed by atoms with Crippen LogP contribution in [-0.4, -0.2) is 25.9 Å².